The molecule has 0 aliphatic rings. The monoisotopic (exact) mass is 907 g/mol. The first-order valence-corrected chi connectivity index (χ1v) is 20.4. The van der Waals surface area contributed by atoms with Crippen LogP contribution in [0.5, 0.6) is 17.2 Å². The number of amides is 1. The van der Waals surface area contributed by atoms with Crippen LogP contribution >= 0.6 is 22.6 Å². The van der Waals surface area contributed by atoms with Crippen molar-refractivity contribution in [3.63, 3.8) is 0 Å². The van der Waals surface area contributed by atoms with Gasteiger partial charge in [-0.05, 0) is 98.2 Å². The van der Waals surface area contributed by atoms with E-state index in [-0.39, 0.29) is 31.0 Å². The summed E-state index contributed by atoms with van der Waals surface area (Å²) in [4.78, 5) is 9.89. The first kappa shape index (κ1) is 41.3. The second kappa shape index (κ2) is 18.2. The summed E-state index contributed by atoms with van der Waals surface area (Å²) in [7, 11) is -5.11. The van der Waals surface area contributed by atoms with Crippen LogP contribution in [0.4, 0.5) is 4.79 Å². The summed E-state index contributed by atoms with van der Waals surface area (Å²) in [5.41, 5.74) is 1.77. The number of sulfonamides is 2. The highest BCUT2D eigenvalue weighted by Gasteiger charge is 2.38. The number of aliphatic hydroxyl groups is 1. The number of hydrogen-bond donors (Lipinski definition) is 4. The highest BCUT2D eigenvalue weighted by atomic mass is 127. The maximum atomic E-state index is 15.4. The maximum absolute atomic E-state index is 15.4. The molecular formula is C35H38IN7O10S2. The van der Waals surface area contributed by atoms with Gasteiger partial charge in [0, 0.05) is 23.2 Å². The minimum Gasteiger partial charge on any atom is -0.497 e. The van der Waals surface area contributed by atoms with Crippen LogP contribution in [0.15, 0.2) is 94.7 Å². The van der Waals surface area contributed by atoms with E-state index in [0.717, 1.165) is 15.9 Å². The van der Waals surface area contributed by atoms with Crippen LogP contribution < -0.4 is 24.2 Å². The topological polar surface area (TPSA) is 224 Å². The zero-order valence-electron chi connectivity index (χ0n) is 29.8. The molecule has 292 valence electrons. The summed E-state index contributed by atoms with van der Waals surface area (Å²) in [6.07, 6.45) is -1.45. The number of halogens is 1. The number of aliphatic hydroxyl groups excluding tert-OH is 1. The van der Waals surface area contributed by atoms with Gasteiger partial charge in [-0.3, -0.25) is 0 Å². The van der Waals surface area contributed by atoms with Crippen molar-refractivity contribution in [2.45, 2.75) is 35.5 Å². The summed E-state index contributed by atoms with van der Waals surface area (Å²) in [6, 6.07) is 21.7. The highest BCUT2D eigenvalue weighted by molar-refractivity contribution is 14.1. The second-order valence-corrected chi connectivity index (χ2v) is 16.6. The third-order valence-corrected chi connectivity index (χ3v) is 12.8. The summed E-state index contributed by atoms with van der Waals surface area (Å²) < 4.78 is 80.2. The van der Waals surface area contributed by atoms with E-state index in [1.807, 2.05) is 27.9 Å². The molecule has 0 saturated carbocycles. The van der Waals surface area contributed by atoms with Crippen LogP contribution in [-0.4, -0.2) is 98.2 Å². The van der Waals surface area contributed by atoms with Crippen molar-refractivity contribution in [1.29, 1.82) is 0 Å². The fourth-order valence-corrected chi connectivity index (χ4v) is 9.98. The standard InChI is InChI=1S/C35H38IN7O10S2/c1-51-27-10-4-23(5-11-27)19-42(20-24-6-12-28(52-2)13-7-24)55(49,50)33-31(54(47,48)39-26(22-44)18-37-35(45)46)17-16-30(36)32(33)34-38-40-41-43(34)21-25-8-14-29(53-3)15-9-25/h4-17,26,37,39,44H,18-22H2,1-3H3,(H,45,46). The fourth-order valence-electron chi connectivity index (χ4n) is 5.47. The molecule has 1 unspecified atom stereocenters. The lowest BCUT2D eigenvalue weighted by Crippen LogP contribution is -2.46. The molecule has 1 heterocycles. The Morgan fingerprint density at radius 2 is 1.33 bits per heavy atom. The van der Waals surface area contributed by atoms with Gasteiger partial charge in [-0.2, -0.15) is 4.31 Å². The molecule has 1 atom stereocenters. The molecule has 0 fully saturated rings. The van der Waals surface area contributed by atoms with Gasteiger partial charge in [0.1, 0.15) is 27.0 Å². The number of tetrazole rings is 1. The number of methoxy groups -OCH3 is 3. The molecule has 17 nitrogen and oxygen atoms in total. The van der Waals surface area contributed by atoms with Crippen molar-refractivity contribution in [2.24, 2.45) is 0 Å². The van der Waals surface area contributed by atoms with Gasteiger partial charge >= 0.3 is 6.09 Å². The molecule has 0 bridgehead atoms. The number of nitrogens with zero attached hydrogens (tertiary/aromatic N) is 5. The Morgan fingerprint density at radius 3 is 1.80 bits per heavy atom. The molecule has 1 amide bonds. The highest BCUT2D eigenvalue weighted by Crippen LogP contribution is 2.38. The fraction of sp³-hybridized carbons (Fsp3) is 0.257. The number of benzene rings is 4. The summed E-state index contributed by atoms with van der Waals surface area (Å²) in [5.74, 6) is 1.66. The molecule has 0 saturated heterocycles. The minimum absolute atomic E-state index is 0.0454. The molecule has 4 N–H and O–H groups in total. The summed E-state index contributed by atoms with van der Waals surface area (Å²) in [6.45, 7) is -1.64. The minimum atomic E-state index is -4.84. The average Bonchev–Trinajstić information content (AvgIpc) is 3.64. The molecule has 0 spiro atoms. The Bertz CT molecular complexity index is 2260. The van der Waals surface area contributed by atoms with Crippen LogP contribution in [0.3, 0.4) is 0 Å². The predicted molar refractivity (Wildman–Crippen MR) is 208 cm³/mol. The lowest BCUT2D eigenvalue weighted by molar-refractivity contribution is 0.190. The smallest absolute Gasteiger partial charge is 0.404 e. The van der Waals surface area contributed by atoms with Gasteiger partial charge in [0.2, 0.25) is 20.0 Å². The van der Waals surface area contributed by atoms with Gasteiger partial charge in [-0.1, -0.05) is 36.4 Å². The van der Waals surface area contributed by atoms with E-state index >= 15 is 8.42 Å². The van der Waals surface area contributed by atoms with Gasteiger partial charge in [0.15, 0.2) is 5.82 Å². The third-order valence-electron chi connectivity index (χ3n) is 8.28. The van der Waals surface area contributed by atoms with Gasteiger partial charge in [0.05, 0.1) is 46.1 Å². The Balaban J connectivity index is 1.73. The number of rotatable bonds is 18. The van der Waals surface area contributed by atoms with E-state index in [0.29, 0.717) is 31.9 Å². The molecular weight excluding hydrogens is 869 g/mol. The molecule has 1 aromatic heterocycles. The quantitative estimate of drug-likeness (QED) is 0.0928. The molecule has 5 rings (SSSR count). The first-order chi connectivity index (χ1) is 26.3. The van der Waals surface area contributed by atoms with Crippen LogP contribution in [-0.2, 0) is 39.7 Å². The van der Waals surface area contributed by atoms with E-state index in [2.05, 4.69) is 20.2 Å². The van der Waals surface area contributed by atoms with Crippen molar-refractivity contribution in [3.05, 3.63) is 105 Å². The first-order valence-electron chi connectivity index (χ1n) is 16.4. The summed E-state index contributed by atoms with van der Waals surface area (Å²) >= 11 is 1.90. The Kier molecular flexibility index (Phi) is 13.6. The largest absolute Gasteiger partial charge is 0.497 e. The van der Waals surface area contributed by atoms with Gasteiger partial charge in [0.25, 0.3) is 0 Å². The van der Waals surface area contributed by atoms with E-state index in [9.17, 15) is 18.3 Å². The normalized spacial score (nSPS) is 12.3. The van der Waals surface area contributed by atoms with Gasteiger partial charge < -0.3 is 29.7 Å². The maximum Gasteiger partial charge on any atom is 0.404 e. The molecule has 20 heteroatoms. The molecule has 55 heavy (non-hydrogen) atoms. The number of aromatic nitrogens is 4. The second-order valence-electron chi connectivity index (χ2n) is 11.9. The lowest BCUT2D eigenvalue weighted by atomic mass is 10.2. The average molecular weight is 908 g/mol. The number of ether oxygens (including phenoxy) is 3. The number of carboxylic acid groups (broad SMARTS) is 1. The third kappa shape index (κ3) is 10.1. The Hall–Kier alpha value is -4.87. The predicted octanol–water partition coefficient (Wildman–Crippen LogP) is 3.32. The van der Waals surface area contributed by atoms with E-state index < -0.39 is 55.1 Å². The van der Waals surface area contributed by atoms with Crippen LogP contribution in [0.25, 0.3) is 11.4 Å². The SMILES string of the molecule is COc1ccc(CN(Cc2ccc(OC)cc2)S(=O)(=O)c2c(S(=O)(=O)NC(CO)CNC(=O)O)ccc(I)c2-c2nnnn2Cc2ccc(OC)cc2)cc1. The van der Waals surface area contributed by atoms with Crippen LogP contribution in [0.1, 0.15) is 16.7 Å². The van der Waals surface area contributed by atoms with E-state index in [1.54, 1.807) is 72.8 Å². The molecule has 0 aliphatic carbocycles. The van der Waals surface area contributed by atoms with E-state index in [4.69, 9.17) is 19.3 Å². The van der Waals surface area contributed by atoms with E-state index in [1.165, 1.54) is 32.1 Å². The Labute approximate surface area is 331 Å². The van der Waals surface area contributed by atoms with Gasteiger partial charge in [-0.25, -0.2) is 31.0 Å². The number of nitrogens with one attached hydrogen (secondary N) is 2. The van der Waals surface area contributed by atoms with Gasteiger partial charge in [-0.15, -0.1) is 5.10 Å². The number of hydrogen-bond acceptors (Lipinski definition) is 12. The van der Waals surface area contributed by atoms with Crippen LogP contribution in [0, 0.1) is 3.57 Å². The summed E-state index contributed by atoms with van der Waals surface area (Å²) in [5, 5.41) is 33.3. The molecule has 4 aromatic carbocycles. The van der Waals surface area contributed by atoms with Crippen molar-refractivity contribution < 1.29 is 46.1 Å². The molecule has 0 radical (unpaired) electrons. The molecule has 0 aliphatic heterocycles. The van der Waals surface area contributed by atoms with Crippen molar-refractivity contribution >= 4 is 48.7 Å². The van der Waals surface area contributed by atoms with Crippen LogP contribution in [0.2, 0.25) is 0 Å². The zero-order valence-corrected chi connectivity index (χ0v) is 33.6. The number of carbonyl (C=O) groups is 1. The zero-order chi connectivity index (χ0) is 39.8. The van der Waals surface area contributed by atoms with Crippen molar-refractivity contribution in [1.82, 2.24) is 34.6 Å². The lowest BCUT2D eigenvalue weighted by Gasteiger charge is -2.26. The van der Waals surface area contributed by atoms with Crippen molar-refractivity contribution in [2.75, 3.05) is 34.5 Å². The molecule has 5 aromatic rings. The van der Waals surface area contributed by atoms with Crippen molar-refractivity contribution in [3.8, 4) is 28.6 Å². The Morgan fingerprint density at radius 1 is 0.818 bits per heavy atom.